The zero-order valence-electron chi connectivity index (χ0n) is 15.7. The molecule has 134 valence electrons. The van der Waals surface area contributed by atoms with Crippen molar-refractivity contribution in [2.75, 3.05) is 0 Å². The molecule has 0 radical (unpaired) electrons. The average molecular weight is 338 g/mol. The fourth-order valence-electron chi connectivity index (χ4n) is 8.32. The van der Waals surface area contributed by atoms with Crippen molar-refractivity contribution in [1.82, 2.24) is 0 Å². The van der Waals surface area contributed by atoms with Crippen LogP contribution in [0.1, 0.15) is 58.8 Å². The second kappa shape index (κ2) is 4.96. The largest absolute Gasteiger partial charge is 0.313 e. The van der Waals surface area contributed by atoms with E-state index < -0.39 is 0 Å². The van der Waals surface area contributed by atoms with Gasteiger partial charge >= 0.3 is 0 Å². The molecule has 0 bridgehead atoms. The van der Waals surface area contributed by atoms with E-state index in [-0.39, 0.29) is 5.41 Å². The third-order valence-corrected chi connectivity index (χ3v) is 9.35. The summed E-state index contributed by atoms with van der Waals surface area (Å²) in [6, 6.07) is 0. The standard InChI is InChI=1S/C23H31NO/c1-4-23-8-5-14(25)10-19(23)13(2)9-17-18(23)6-7-22(3)20(12-24)15-11-16(15)21(17)22/h10,12,15-18,20-21,24H,2,4-9,11H2,1,3H3/t15-,16+,17+,18-,20-,21-,22+,23+/m0/s1. The molecule has 0 spiro atoms. The Bertz CT molecular complexity index is 705. The Morgan fingerprint density at radius 2 is 2.12 bits per heavy atom. The molecule has 5 aliphatic carbocycles. The van der Waals surface area contributed by atoms with Crippen LogP contribution in [-0.2, 0) is 4.79 Å². The van der Waals surface area contributed by atoms with Crippen LogP contribution in [0.2, 0.25) is 0 Å². The van der Waals surface area contributed by atoms with Crippen LogP contribution in [0.3, 0.4) is 0 Å². The van der Waals surface area contributed by atoms with Gasteiger partial charge in [-0.3, -0.25) is 4.79 Å². The summed E-state index contributed by atoms with van der Waals surface area (Å²) >= 11 is 0. The molecule has 2 nitrogen and oxygen atoms in total. The molecule has 5 rings (SSSR count). The van der Waals surface area contributed by atoms with E-state index in [1.54, 1.807) is 6.21 Å². The highest BCUT2D eigenvalue weighted by Crippen LogP contribution is 2.75. The monoisotopic (exact) mass is 337 g/mol. The maximum absolute atomic E-state index is 12.1. The number of carbonyl (C=O) groups is 1. The summed E-state index contributed by atoms with van der Waals surface area (Å²) in [6.07, 6.45) is 11.7. The molecule has 4 saturated carbocycles. The van der Waals surface area contributed by atoms with Gasteiger partial charge in [-0.15, -0.1) is 0 Å². The zero-order chi connectivity index (χ0) is 17.6. The Labute approximate surface area is 151 Å². The molecule has 0 aromatic rings. The fourth-order valence-corrected chi connectivity index (χ4v) is 8.32. The molecule has 0 unspecified atom stereocenters. The van der Waals surface area contributed by atoms with Crippen LogP contribution in [-0.4, -0.2) is 12.0 Å². The van der Waals surface area contributed by atoms with Gasteiger partial charge in [0, 0.05) is 12.3 Å². The first-order valence-electron chi connectivity index (χ1n) is 10.4. The number of carbonyl (C=O) groups excluding carboxylic acids is 1. The van der Waals surface area contributed by atoms with E-state index in [4.69, 9.17) is 5.41 Å². The molecule has 0 amide bonds. The van der Waals surface area contributed by atoms with Crippen LogP contribution in [0.4, 0.5) is 0 Å². The first-order chi connectivity index (χ1) is 12.0. The van der Waals surface area contributed by atoms with Crippen molar-refractivity contribution in [2.24, 2.45) is 46.3 Å². The fraction of sp³-hybridized carbons (Fsp3) is 0.739. The molecule has 0 aromatic heterocycles. The summed E-state index contributed by atoms with van der Waals surface area (Å²) in [4.78, 5) is 12.1. The van der Waals surface area contributed by atoms with Gasteiger partial charge in [-0.1, -0.05) is 26.0 Å². The van der Waals surface area contributed by atoms with Gasteiger partial charge < -0.3 is 5.41 Å². The number of rotatable bonds is 2. The maximum atomic E-state index is 12.1. The smallest absolute Gasteiger partial charge is 0.156 e. The van der Waals surface area contributed by atoms with E-state index in [2.05, 4.69) is 20.4 Å². The Morgan fingerprint density at radius 1 is 1.32 bits per heavy atom. The molecule has 0 aromatic carbocycles. The number of hydrogen-bond acceptors (Lipinski definition) is 2. The molecule has 8 atom stereocenters. The van der Waals surface area contributed by atoms with Crippen molar-refractivity contribution in [1.29, 1.82) is 5.41 Å². The van der Waals surface area contributed by atoms with Gasteiger partial charge in [0.15, 0.2) is 5.78 Å². The minimum atomic E-state index is 0.211. The molecule has 0 aliphatic heterocycles. The van der Waals surface area contributed by atoms with Gasteiger partial charge in [-0.2, -0.15) is 0 Å². The summed E-state index contributed by atoms with van der Waals surface area (Å²) in [5.41, 5.74) is 3.14. The summed E-state index contributed by atoms with van der Waals surface area (Å²) in [5, 5.41) is 8.03. The van der Waals surface area contributed by atoms with E-state index in [0.717, 1.165) is 55.3 Å². The Morgan fingerprint density at radius 3 is 2.84 bits per heavy atom. The Hall–Kier alpha value is -1.18. The van der Waals surface area contributed by atoms with Crippen molar-refractivity contribution >= 4 is 12.0 Å². The van der Waals surface area contributed by atoms with Crippen molar-refractivity contribution < 1.29 is 4.79 Å². The SMILES string of the molecule is C=C1C[C@H]2[C@@H]3[C@@H]4C[C@@H]4[C@H](C=N)[C@@]3(C)CC[C@@H]2[C@@]2(CC)CCC(=O)C=C12. The first-order valence-corrected chi connectivity index (χ1v) is 10.4. The second-order valence-corrected chi connectivity index (χ2v) is 9.94. The molecule has 0 saturated heterocycles. The van der Waals surface area contributed by atoms with E-state index in [9.17, 15) is 4.79 Å². The molecule has 1 N–H and O–H groups in total. The highest BCUT2D eigenvalue weighted by molar-refractivity contribution is 5.92. The minimum Gasteiger partial charge on any atom is -0.313 e. The molecule has 4 fully saturated rings. The third kappa shape index (κ3) is 1.82. The van der Waals surface area contributed by atoms with Gasteiger partial charge in [0.2, 0.25) is 0 Å². The normalized spacial score (nSPS) is 53.3. The number of allylic oxidation sites excluding steroid dienone is 2. The zero-order valence-corrected chi connectivity index (χ0v) is 15.7. The molecule has 2 heteroatoms. The number of ketones is 1. The van der Waals surface area contributed by atoms with Crippen LogP contribution in [0.5, 0.6) is 0 Å². The van der Waals surface area contributed by atoms with Crippen molar-refractivity contribution in [3.05, 3.63) is 23.8 Å². The maximum Gasteiger partial charge on any atom is 0.156 e. The summed E-state index contributed by atoms with van der Waals surface area (Å²) in [7, 11) is 0. The summed E-state index contributed by atoms with van der Waals surface area (Å²) < 4.78 is 0. The highest BCUT2D eigenvalue weighted by Gasteiger charge is 2.70. The Balaban J connectivity index is 1.59. The lowest BCUT2D eigenvalue weighted by Gasteiger charge is -2.60. The van der Waals surface area contributed by atoms with Gasteiger partial charge in [0.05, 0.1) is 0 Å². The third-order valence-electron chi connectivity index (χ3n) is 9.35. The molecule has 5 aliphatic rings. The lowest BCUT2D eigenvalue weighted by molar-refractivity contribution is -0.117. The number of nitrogens with one attached hydrogen (secondary N) is 1. The summed E-state index contributed by atoms with van der Waals surface area (Å²) in [6.45, 7) is 9.29. The van der Waals surface area contributed by atoms with Crippen molar-refractivity contribution in [2.45, 2.75) is 58.8 Å². The lowest BCUT2D eigenvalue weighted by Crippen LogP contribution is -2.53. The van der Waals surface area contributed by atoms with Crippen molar-refractivity contribution in [3.8, 4) is 0 Å². The van der Waals surface area contributed by atoms with Crippen LogP contribution in [0, 0.1) is 51.7 Å². The van der Waals surface area contributed by atoms with Crippen LogP contribution < -0.4 is 0 Å². The quantitative estimate of drug-likeness (QED) is 0.692. The lowest BCUT2D eigenvalue weighted by atomic mass is 9.44. The number of hydrogen-bond donors (Lipinski definition) is 1. The minimum absolute atomic E-state index is 0.211. The first kappa shape index (κ1) is 16.0. The van der Waals surface area contributed by atoms with Gasteiger partial charge in [0.1, 0.15) is 0 Å². The van der Waals surface area contributed by atoms with E-state index in [1.807, 2.05) is 6.08 Å². The van der Waals surface area contributed by atoms with Crippen LogP contribution >= 0.6 is 0 Å². The molecule has 0 heterocycles. The highest BCUT2D eigenvalue weighted by atomic mass is 16.1. The molecular formula is C23H31NO. The molecular weight excluding hydrogens is 306 g/mol. The Kier molecular flexibility index (Phi) is 3.18. The van der Waals surface area contributed by atoms with E-state index >= 15 is 0 Å². The van der Waals surface area contributed by atoms with Gasteiger partial charge in [-0.05, 0) is 96.8 Å². The van der Waals surface area contributed by atoms with Gasteiger partial charge in [-0.25, -0.2) is 0 Å². The van der Waals surface area contributed by atoms with Crippen LogP contribution in [0.15, 0.2) is 23.8 Å². The molecule has 25 heavy (non-hydrogen) atoms. The second-order valence-electron chi connectivity index (χ2n) is 9.94. The summed E-state index contributed by atoms with van der Waals surface area (Å²) in [5.74, 6) is 4.72. The topological polar surface area (TPSA) is 40.9 Å². The van der Waals surface area contributed by atoms with Gasteiger partial charge in [0.25, 0.3) is 0 Å². The van der Waals surface area contributed by atoms with Crippen molar-refractivity contribution in [3.63, 3.8) is 0 Å². The predicted octanol–water partition coefficient (Wildman–Crippen LogP) is 5.20. The van der Waals surface area contributed by atoms with E-state index in [0.29, 0.717) is 17.1 Å². The average Bonchev–Trinajstić information content (AvgIpc) is 3.30. The van der Waals surface area contributed by atoms with Crippen LogP contribution in [0.25, 0.3) is 0 Å². The predicted molar refractivity (Wildman–Crippen MR) is 100 cm³/mol. The van der Waals surface area contributed by atoms with E-state index in [1.165, 1.54) is 30.4 Å². The number of fused-ring (bicyclic) bond motifs is 7.